The van der Waals surface area contributed by atoms with Crippen molar-refractivity contribution in [3.05, 3.63) is 65.6 Å². The van der Waals surface area contributed by atoms with Gasteiger partial charge in [-0.3, -0.25) is 4.98 Å². The molecule has 0 bridgehead atoms. The predicted octanol–water partition coefficient (Wildman–Crippen LogP) is 6.85. The Balaban J connectivity index is 0.00000231. The molecule has 4 aromatic rings. The second kappa shape index (κ2) is 14.5. The Labute approximate surface area is 253 Å². The van der Waals surface area contributed by atoms with E-state index in [0.29, 0.717) is 22.6 Å². The van der Waals surface area contributed by atoms with Gasteiger partial charge in [-0.25, -0.2) is 9.97 Å². The third-order valence-corrected chi connectivity index (χ3v) is 7.97. The molecular weight excluding hydrogens is 598 g/mol. The highest BCUT2D eigenvalue weighted by atomic mass is 35.5. The van der Waals surface area contributed by atoms with E-state index in [9.17, 15) is 13.2 Å². The van der Waals surface area contributed by atoms with Gasteiger partial charge in [0, 0.05) is 42.4 Å². The Hall–Kier alpha value is -2.70. The molecule has 1 fully saturated rings. The SMILES string of the molecule is COc1cncc(-c2ccc(CN[C@H]3C[C@@H](Nc4ncnc5sc(CC(F)(F)F)cc45)C[C@@H](OC)C3)cc2)c1.Cl.Cl. The minimum absolute atomic E-state index is 0. The van der Waals surface area contributed by atoms with Gasteiger partial charge in [-0.15, -0.1) is 36.2 Å². The van der Waals surface area contributed by atoms with Crippen molar-refractivity contribution in [3.63, 3.8) is 0 Å². The first-order valence-electron chi connectivity index (χ1n) is 12.7. The van der Waals surface area contributed by atoms with E-state index in [1.165, 1.54) is 6.33 Å². The summed E-state index contributed by atoms with van der Waals surface area (Å²) < 4.78 is 49.7. The molecule has 3 aromatic heterocycles. The van der Waals surface area contributed by atoms with Crippen LogP contribution in [0.15, 0.2) is 55.1 Å². The second-order valence-corrected chi connectivity index (χ2v) is 10.9. The van der Waals surface area contributed by atoms with E-state index in [0.717, 1.165) is 53.0 Å². The molecule has 0 saturated heterocycles. The van der Waals surface area contributed by atoms with Crippen LogP contribution >= 0.6 is 36.2 Å². The van der Waals surface area contributed by atoms with Crippen LogP contribution in [0.25, 0.3) is 21.3 Å². The highest BCUT2D eigenvalue weighted by molar-refractivity contribution is 7.18. The summed E-state index contributed by atoms with van der Waals surface area (Å²) in [7, 11) is 3.33. The van der Waals surface area contributed by atoms with Crippen LogP contribution in [0.3, 0.4) is 0 Å². The number of aromatic nitrogens is 3. The smallest absolute Gasteiger partial charge is 0.393 e. The maximum atomic E-state index is 12.9. The molecule has 41 heavy (non-hydrogen) atoms. The molecule has 0 spiro atoms. The summed E-state index contributed by atoms with van der Waals surface area (Å²) in [6.07, 6.45) is 2.20. The molecule has 0 aliphatic heterocycles. The van der Waals surface area contributed by atoms with Crippen LogP contribution in [0.2, 0.25) is 0 Å². The lowest BCUT2D eigenvalue weighted by Gasteiger charge is -2.35. The minimum atomic E-state index is -4.26. The van der Waals surface area contributed by atoms with E-state index in [4.69, 9.17) is 9.47 Å². The zero-order valence-electron chi connectivity index (χ0n) is 22.5. The third kappa shape index (κ3) is 8.65. The van der Waals surface area contributed by atoms with Crippen molar-refractivity contribution in [1.29, 1.82) is 0 Å². The molecule has 1 aliphatic rings. The van der Waals surface area contributed by atoms with E-state index in [1.54, 1.807) is 26.5 Å². The molecule has 7 nitrogen and oxygen atoms in total. The van der Waals surface area contributed by atoms with Crippen molar-refractivity contribution in [3.8, 4) is 16.9 Å². The van der Waals surface area contributed by atoms with Crippen LogP contribution in [-0.4, -0.2) is 53.5 Å². The molecule has 0 amide bonds. The molecule has 5 rings (SSSR count). The molecule has 3 heterocycles. The van der Waals surface area contributed by atoms with Crippen molar-refractivity contribution >= 4 is 52.2 Å². The second-order valence-electron chi connectivity index (χ2n) is 9.74. The fraction of sp³-hybridized carbons (Fsp3) is 0.393. The maximum absolute atomic E-state index is 12.9. The lowest BCUT2D eigenvalue weighted by atomic mass is 9.88. The van der Waals surface area contributed by atoms with Gasteiger partial charge >= 0.3 is 6.18 Å². The van der Waals surface area contributed by atoms with Gasteiger partial charge in [-0.05, 0) is 42.5 Å². The molecule has 2 N–H and O–H groups in total. The summed E-state index contributed by atoms with van der Waals surface area (Å²) in [5, 5.41) is 7.74. The van der Waals surface area contributed by atoms with Crippen LogP contribution in [-0.2, 0) is 17.7 Å². The van der Waals surface area contributed by atoms with E-state index in [2.05, 4.69) is 49.9 Å². The van der Waals surface area contributed by atoms with Gasteiger partial charge in [0.25, 0.3) is 0 Å². The number of halogens is 5. The number of methoxy groups -OCH3 is 2. The number of ether oxygens (including phenoxy) is 2. The summed E-state index contributed by atoms with van der Waals surface area (Å²) in [6, 6.07) is 12.1. The van der Waals surface area contributed by atoms with Crippen molar-refractivity contribution in [2.75, 3.05) is 19.5 Å². The number of nitrogens with zero attached hydrogens (tertiary/aromatic N) is 3. The first-order valence-corrected chi connectivity index (χ1v) is 13.5. The van der Waals surface area contributed by atoms with Crippen LogP contribution in [0, 0.1) is 0 Å². The van der Waals surface area contributed by atoms with Crippen LogP contribution < -0.4 is 15.4 Å². The van der Waals surface area contributed by atoms with E-state index < -0.39 is 12.6 Å². The van der Waals surface area contributed by atoms with Gasteiger partial charge in [0.1, 0.15) is 22.7 Å². The summed E-state index contributed by atoms with van der Waals surface area (Å²) in [5.74, 6) is 1.28. The Morgan fingerprint density at radius 2 is 1.71 bits per heavy atom. The van der Waals surface area contributed by atoms with Crippen LogP contribution in [0.4, 0.5) is 19.0 Å². The first kappa shape index (κ1) is 32.8. The van der Waals surface area contributed by atoms with Crippen LogP contribution in [0.5, 0.6) is 5.75 Å². The predicted molar refractivity (Wildman–Crippen MR) is 161 cm³/mol. The van der Waals surface area contributed by atoms with Gasteiger partial charge in [-0.2, -0.15) is 13.2 Å². The van der Waals surface area contributed by atoms with Gasteiger partial charge in [0.05, 0.1) is 31.2 Å². The van der Waals surface area contributed by atoms with Crippen molar-refractivity contribution < 1.29 is 22.6 Å². The fourth-order valence-corrected chi connectivity index (χ4v) is 6.03. The molecule has 1 aliphatic carbocycles. The highest BCUT2D eigenvalue weighted by Crippen LogP contribution is 2.34. The Bertz CT molecular complexity index is 1410. The standard InChI is InChI=1S/C28H30F3N5O2S.2ClH/c1-37-22-9-20(33-13-17-3-5-18(6-4-17)19-7-23(38-2)15-32-14-19)8-21(10-22)36-26-25-11-24(12-28(29,30)31)39-27(25)35-16-34-26;;/h3-7,11,14-16,20-22,33H,8-10,12-13H2,1-2H3,(H,34,35,36);2*1H/t20-,21+,22-;;/m0../s1. The fourth-order valence-electron chi connectivity index (χ4n) is 5.01. The number of nitrogens with one attached hydrogen (secondary N) is 2. The summed E-state index contributed by atoms with van der Waals surface area (Å²) >= 11 is 1.06. The minimum Gasteiger partial charge on any atom is -0.495 e. The molecule has 1 aromatic carbocycles. The monoisotopic (exact) mass is 629 g/mol. The van der Waals surface area contributed by atoms with Gasteiger partial charge in [0.15, 0.2) is 0 Å². The number of hydrogen-bond acceptors (Lipinski definition) is 8. The van der Waals surface area contributed by atoms with Crippen molar-refractivity contribution in [1.82, 2.24) is 20.3 Å². The lowest BCUT2D eigenvalue weighted by molar-refractivity contribution is -0.126. The highest BCUT2D eigenvalue weighted by Gasteiger charge is 2.31. The number of fused-ring (bicyclic) bond motifs is 1. The average molecular weight is 631 g/mol. The van der Waals surface area contributed by atoms with Gasteiger partial charge < -0.3 is 20.1 Å². The van der Waals surface area contributed by atoms with Crippen molar-refractivity contribution in [2.45, 2.75) is 56.6 Å². The number of hydrogen-bond donors (Lipinski definition) is 2. The van der Waals surface area contributed by atoms with E-state index >= 15 is 0 Å². The summed E-state index contributed by atoms with van der Waals surface area (Å²) in [5.41, 5.74) is 3.22. The lowest BCUT2D eigenvalue weighted by Crippen LogP contribution is -2.44. The summed E-state index contributed by atoms with van der Waals surface area (Å²) in [6.45, 7) is 0.702. The molecule has 0 radical (unpaired) electrons. The first-order chi connectivity index (χ1) is 18.8. The zero-order valence-corrected chi connectivity index (χ0v) is 24.9. The number of anilines is 1. The quantitative estimate of drug-likeness (QED) is 0.210. The van der Waals surface area contributed by atoms with Crippen LogP contribution in [0.1, 0.15) is 29.7 Å². The van der Waals surface area contributed by atoms with E-state index in [1.807, 2.05) is 12.3 Å². The normalized spacial score (nSPS) is 18.8. The molecule has 3 atom stereocenters. The number of pyridine rings is 1. The number of rotatable bonds is 9. The third-order valence-electron chi connectivity index (χ3n) is 6.92. The van der Waals surface area contributed by atoms with Crippen molar-refractivity contribution in [2.24, 2.45) is 0 Å². The number of alkyl halides is 3. The number of thiophene rings is 1. The van der Waals surface area contributed by atoms with Gasteiger partial charge in [0.2, 0.25) is 0 Å². The Kier molecular flexibility index (Phi) is 11.6. The zero-order chi connectivity index (χ0) is 27.4. The topological polar surface area (TPSA) is 81.2 Å². The van der Waals surface area contributed by atoms with Gasteiger partial charge in [-0.1, -0.05) is 24.3 Å². The maximum Gasteiger partial charge on any atom is 0.393 e. The molecule has 13 heteroatoms. The molecule has 0 unspecified atom stereocenters. The Morgan fingerprint density at radius 1 is 0.951 bits per heavy atom. The Morgan fingerprint density at radius 3 is 2.41 bits per heavy atom. The summed E-state index contributed by atoms with van der Waals surface area (Å²) in [4.78, 5) is 13.5. The molecular formula is C28H32Cl2F3N5O2S. The number of benzene rings is 1. The van der Waals surface area contributed by atoms with E-state index in [-0.39, 0.29) is 47.9 Å². The largest absolute Gasteiger partial charge is 0.495 e. The molecule has 222 valence electrons. The molecule has 1 saturated carbocycles. The average Bonchev–Trinajstić information content (AvgIpc) is 3.34.